The van der Waals surface area contributed by atoms with Crippen LogP contribution in [0.25, 0.3) is 0 Å². The molecule has 1 aliphatic heterocycles. The molecule has 17 heavy (non-hydrogen) atoms. The van der Waals surface area contributed by atoms with Crippen LogP contribution in [0.3, 0.4) is 0 Å². The van der Waals surface area contributed by atoms with Gasteiger partial charge in [0.15, 0.2) is 0 Å². The molecule has 0 saturated carbocycles. The van der Waals surface area contributed by atoms with Crippen molar-refractivity contribution in [2.24, 2.45) is 11.1 Å². The number of unbranched alkanes of at least 4 members (excludes halogenated alkanes) is 4. The van der Waals surface area contributed by atoms with E-state index < -0.39 is 0 Å². The van der Waals surface area contributed by atoms with Crippen molar-refractivity contribution in [2.45, 2.75) is 65.2 Å². The fourth-order valence-electron chi connectivity index (χ4n) is 3.06. The Bertz CT molecular complexity index is 187. The molecule has 0 radical (unpaired) electrons. The summed E-state index contributed by atoms with van der Waals surface area (Å²) in [5, 5.41) is 0. The Balaban J connectivity index is 2.06. The molecular formula is C15H32N2. The zero-order valence-corrected chi connectivity index (χ0v) is 12.0. The van der Waals surface area contributed by atoms with Crippen molar-refractivity contribution >= 4 is 0 Å². The van der Waals surface area contributed by atoms with Gasteiger partial charge in [0.2, 0.25) is 0 Å². The van der Waals surface area contributed by atoms with Crippen molar-refractivity contribution in [1.29, 1.82) is 0 Å². The summed E-state index contributed by atoms with van der Waals surface area (Å²) < 4.78 is 0. The van der Waals surface area contributed by atoms with E-state index in [0.717, 1.165) is 6.54 Å². The summed E-state index contributed by atoms with van der Waals surface area (Å²) in [6.45, 7) is 9.60. The normalized spacial score (nSPS) is 19.9. The Morgan fingerprint density at radius 2 is 1.65 bits per heavy atom. The second-order valence-electron chi connectivity index (χ2n) is 5.79. The number of nitrogens with zero attached hydrogens (tertiary/aromatic N) is 1. The lowest BCUT2D eigenvalue weighted by molar-refractivity contribution is 0.237. The van der Waals surface area contributed by atoms with Gasteiger partial charge in [0.1, 0.15) is 0 Å². The van der Waals surface area contributed by atoms with Gasteiger partial charge >= 0.3 is 0 Å². The van der Waals surface area contributed by atoms with E-state index in [4.69, 9.17) is 5.73 Å². The summed E-state index contributed by atoms with van der Waals surface area (Å²) in [6.07, 6.45) is 10.8. The maximum atomic E-state index is 5.50. The molecule has 1 aliphatic rings. The van der Waals surface area contributed by atoms with Crippen molar-refractivity contribution in [2.75, 3.05) is 26.2 Å². The van der Waals surface area contributed by atoms with E-state index in [1.54, 1.807) is 0 Å². The van der Waals surface area contributed by atoms with Gasteiger partial charge in [0.25, 0.3) is 0 Å². The van der Waals surface area contributed by atoms with Gasteiger partial charge in [-0.15, -0.1) is 0 Å². The number of hydrogen-bond acceptors (Lipinski definition) is 2. The van der Waals surface area contributed by atoms with Gasteiger partial charge in [0.05, 0.1) is 0 Å². The molecule has 1 rings (SSSR count). The van der Waals surface area contributed by atoms with Crippen molar-refractivity contribution < 1.29 is 0 Å². The smallest absolute Gasteiger partial charge is 0.00382 e. The predicted octanol–water partition coefficient (Wildman–Crippen LogP) is 3.41. The first-order chi connectivity index (χ1) is 8.26. The Morgan fingerprint density at radius 3 is 2.24 bits per heavy atom. The first-order valence-corrected chi connectivity index (χ1v) is 7.69. The van der Waals surface area contributed by atoms with Gasteiger partial charge in [-0.2, -0.15) is 0 Å². The molecule has 0 unspecified atom stereocenters. The molecule has 102 valence electrons. The SMILES string of the molecule is CCC1(CC)CCN(CCCCCCCN)C1. The highest BCUT2D eigenvalue weighted by Crippen LogP contribution is 2.36. The molecule has 2 nitrogen and oxygen atoms in total. The van der Waals surface area contributed by atoms with Gasteiger partial charge in [0, 0.05) is 6.54 Å². The molecule has 0 aliphatic carbocycles. The summed E-state index contributed by atoms with van der Waals surface area (Å²) in [5.41, 5.74) is 6.15. The van der Waals surface area contributed by atoms with E-state index >= 15 is 0 Å². The molecule has 0 spiro atoms. The molecule has 0 aromatic carbocycles. The molecule has 0 bridgehead atoms. The first kappa shape index (κ1) is 15.0. The van der Waals surface area contributed by atoms with Crippen LogP contribution in [0.15, 0.2) is 0 Å². The molecule has 0 atom stereocenters. The Kier molecular flexibility index (Phi) is 7.14. The Hall–Kier alpha value is -0.0800. The van der Waals surface area contributed by atoms with Crippen LogP contribution < -0.4 is 5.73 Å². The van der Waals surface area contributed by atoms with Crippen molar-refractivity contribution in [1.82, 2.24) is 4.90 Å². The largest absolute Gasteiger partial charge is 0.330 e. The van der Waals surface area contributed by atoms with Crippen LogP contribution in [0.5, 0.6) is 0 Å². The van der Waals surface area contributed by atoms with Crippen molar-refractivity contribution in [3.05, 3.63) is 0 Å². The highest BCUT2D eigenvalue weighted by molar-refractivity contribution is 4.87. The van der Waals surface area contributed by atoms with E-state index in [2.05, 4.69) is 18.7 Å². The fourth-order valence-corrected chi connectivity index (χ4v) is 3.06. The quantitative estimate of drug-likeness (QED) is 0.626. The van der Waals surface area contributed by atoms with E-state index in [1.165, 1.54) is 71.0 Å². The van der Waals surface area contributed by atoms with Crippen LogP contribution in [-0.4, -0.2) is 31.1 Å². The number of nitrogens with two attached hydrogens (primary N) is 1. The summed E-state index contributed by atoms with van der Waals surface area (Å²) >= 11 is 0. The highest BCUT2D eigenvalue weighted by atomic mass is 15.2. The molecule has 2 N–H and O–H groups in total. The van der Waals surface area contributed by atoms with E-state index in [1.807, 2.05) is 0 Å². The minimum atomic E-state index is 0.652. The fraction of sp³-hybridized carbons (Fsp3) is 1.00. The summed E-state index contributed by atoms with van der Waals surface area (Å²) in [5.74, 6) is 0. The second kappa shape index (κ2) is 8.10. The average Bonchev–Trinajstić information content (AvgIpc) is 2.78. The third-order valence-corrected chi connectivity index (χ3v) is 4.70. The van der Waals surface area contributed by atoms with Crippen molar-refractivity contribution in [3.63, 3.8) is 0 Å². The maximum absolute atomic E-state index is 5.50. The van der Waals surface area contributed by atoms with E-state index in [0.29, 0.717) is 5.41 Å². The maximum Gasteiger partial charge on any atom is 0.00382 e. The molecule has 2 heteroatoms. The van der Waals surface area contributed by atoms with Gasteiger partial charge < -0.3 is 10.6 Å². The van der Waals surface area contributed by atoms with Crippen LogP contribution in [-0.2, 0) is 0 Å². The average molecular weight is 240 g/mol. The standard InChI is InChI=1S/C15H32N2/c1-3-15(4-2)10-13-17(14-15)12-9-7-5-6-8-11-16/h3-14,16H2,1-2H3. The lowest BCUT2D eigenvalue weighted by Crippen LogP contribution is -2.27. The molecule has 1 fully saturated rings. The van der Waals surface area contributed by atoms with Crippen LogP contribution >= 0.6 is 0 Å². The van der Waals surface area contributed by atoms with Crippen LogP contribution in [0.1, 0.15) is 65.2 Å². The molecule has 1 saturated heterocycles. The molecule has 1 heterocycles. The summed E-state index contributed by atoms with van der Waals surface area (Å²) in [6, 6.07) is 0. The summed E-state index contributed by atoms with van der Waals surface area (Å²) in [7, 11) is 0. The lowest BCUT2D eigenvalue weighted by atomic mass is 9.82. The Morgan fingerprint density at radius 1 is 1.00 bits per heavy atom. The number of likely N-dealkylation sites (tertiary alicyclic amines) is 1. The topological polar surface area (TPSA) is 29.3 Å². The van der Waals surface area contributed by atoms with Crippen LogP contribution in [0.2, 0.25) is 0 Å². The molecule has 0 aromatic heterocycles. The Labute approximate surface area is 108 Å². The molecular weight excluding hydrogens is 208 g/mol. The number of hydrogen-bond donors (Lipinski definition) is 1. The van der Waals surface area contributed by atoms with E-state index in [9.17, 15) is 0 Å². The molecule has 0 amide bonds. The van der Waals surface area contributed by atoms with Gasteiger partial charge in [-0.05, 0) is 57.2 Å². The monoisotopic (exact) mass is 240 g/mol. The molecule has 0 aromatic rings. The van der Waals surface area contributed by atoms with Gasteiger partial charge in [-0.25, -0.2) is 0 Å². The third-order valence-electron chi connectivity index (χ3n) is 4.70. The van der Waals surface area contributed by atoms with Crippen LogP contribution in [0.4, 0.5) is 0 Å². The predicted molar refractivity (Wildman–Crippen MR) is 76.2 cm³/mol. The third kappa shape index (κ3) is 4.97. The van der Waals surface area contributed by atoms with E-state index in [-0.39, 0.29) is 0 Å². The van der Waals surface area contributed by atoms with Gasteiger partial charge in [-0.3, -0.25) is 0 Å². The highest BCUT2D eigenvalue weighted by Gasteiger charge is 2.34. The van der Waals surface area contributed by atoms with Gasteiger partial charge in [-0.1, -0.05) is 33.1 Å². The summed E-state index contributed by atoms with van der Waals surface area (Å²) in [4.78, 5) is 2.69. The minimum absolute atomic E-state index is 0.652. The zero-order chi connectivity index (χ0) is 12.6. The lowest BCUT2D eigenvalue weighted by Gasteiger charge is -2.26. The second-order valence-corrected chi connectivity index (χ2v) is 5.79. The first-order valence-electron chi connectivity index (χ1n) is 7.69. The number of rotatable bonds is 9. The zero-order valence-electron chi connectivity index (χ0n) is 12.0. The van der Waals surface area contributed by atoms with Crippen molar-refractivity contribution in [3.8, 4) is 0 Å². The minimum Gasteiger partial charge on any atom is -0.330 e. The van der Waals surface area contributed by atoms with Crippen LogP contribution in [0, 0.1) is 5.41 Å².